The summed E-state index contributed by atoms with van der Waals surface area (Å²) in [7, 11) is 0. The van der Waals surface area contributed by atoms with Gasteiger partial charge in [-0.05, 0) is 32.2 Å². The number of aliphatic hydroxyl groups is 1. The Morgan fingerprint density at radius 2 is 2.22 bits per heavy atom. The second-order valence-electron chi connectivity index (χ2n) is 5.21. The van der Waals surface area contributed by atoms with Gasteiger partial charge in [-0.2, -0.15) is 0 Å². The number of amides is 1. The predicted octanol–water partition coefficient (Wildman–Crippen LogP) is 1.53. The molecule has 106 valence electrons. The van der Waals surface area contributed by atoms with E-state index in [1.807, 2.05) is 6.92 Å². The zero-order valence-corrected chi connectivity index (χ0v) is 11.8. The number of rotatable bonds is 7. The van der Waals surface area contributed by atoms with Crippen LogP contribution in [0.25, 0.3) is 0 Å². The number of carbonyl (C=O) groups is 1. The van der Waals surface area contributed by atoms with Crippen LogP contribution in [0.4, 0.5) is 0 Å². The first-order valence-electron chi connectivity index (χ1n) is 7.37. The van der Waals surface area contributed by atoms with Crippen LogP contribution in [-0.4, -0.2) is 47.7 Å². The number of hydrogen-bond donors (Lipinski definition) is 2. The van der Waals surface area contributed by atoms with Gasteiger partial charge in [-0.25, -0.2) is 0 Å². The lowest BCUT2D eigenvalue weighted by molar-refractivity contribution is -0.124. The van der Waals surface area contributed by atoms with Crippen LogP contribution in [-0.2, 0) is 4.79 Å². The van der Waals surface area contributed by atoms with Crippen molar-refractivity contribution in [1.29, 1.82) is 0 Å². The Labute approximate surface area is 111 Å². The first-order chi connectivity index (χ1) is 8.69. The molecule has 1 amide bonds. The van der Waals surface area contributed by atoms with Crippen LogP contribution in [0.2, 0.25) is 0 Å². The number of nitrogens with zero attached hydrogens (tertiary/aromatic N) is 1. The Morgan fingerprint density at radius 3 is 2.89 bits per heavy atom. The molecule has 0 aromatic heterocycles. The van der Waals surface area contributed by atoms with Gasteiger partial charge in [0.25, 0.3) is 0 Å². The molecule has 0 bridgehead atoms. The van der Waals surface area contributed by atoms with E-state index in [2.05, 4.69) is 17.1 Å². The fraction of sp³-hybridized carbons (Fsp3) is 0.929. The summed E-state index contributed by atoms with van der Waals surface area (Å²) >= 11 is 0. The van der Waals surface area contributed by atoms with E-state index in [-0.39, 0.29) is 18.1 Å². The number of hydrogen-bond acceptors (Lipinski definition) is 3. The van der Waals surface area contributed by atoms with Gasteiger partial charge in [0, 0.05) is 12.6 Å². The Hall–Kier alpha value is -0.610. The Kier molecular flexibility index (Phi) is 7.28. The Morgan fingerprint density at radius 1 is 1.44 bits per heavy atom. The highest BCUT2D eigenvalue weighted by atomic mass is 16.3. The molecule has 2 N–H and O–H groups in total. The smallest absolute Gasteiger partial charge is 0.234 e. The van der Waals surface area contributed by atoms with E-state index >= 15 is 0 Å². The highest BCUT2D eigenvalue weighted by Crippen LogP contribution is 2.20. The molecule has 1 saturated heterocycles. The summed E-state index contributed by atoms with van der Waals surface area (Å²) < 4.78 is 0. The summed E-state index contributed by atoms with van der Waals surface area (Å²) in [5.41, 5.74) is 0. The maximum absolute atomic E-state index is 11.8. The number of piperidine rings is 1. The van der Waals surface area contributed by atoms with E-state index in [1.165, 1.54) is 0 Å². The van der Waals surface area contributed by atoms with Gasteiger partial charge in [0.1, 0.15) is 0 Å². The predicted molar refractivity (Wildman–Crippen MR) is 73.4 cm³/mol. The molecule has 1 aliphatic heterocycles. The van der Waals surface area contributed by atoms with E-state index in [4.69, 9.17) is 0 Å². The molecule has 4 nitrogen and oxygen atoms in total. The van der Waals surface area contributed by atoms with Gasteiger partial charge < -0.3 is 10.4 Å². The van der Waals surface area contributed by atoms with E-state index in [1.54, 1.807) is 0 Å². The van der Waals surface area contributed by atoms with Crippen LogP contribution in [0.5, 0.6) is 0 Å². The third kappa shape index (κ3) is 4.94. The molecule has 4 heteroatoms. The number of likely N-dealkylation sites (tertiary alicyclic amines) is 1. The summed E-state index contributed by atoms with van der Waals surface area (Å²) in [5, 5.41) is 13.0. The maximum Gasteiger partial charge on any atom is 0.234 e. The summed E-state index contributed by atoms with van der Waals surface area (Å²) in [6.45, 7) is 6.25. The average molecular weight is 256 g/mol. The SMILES string of the molecule is CCCCNC(=O)CN1CCCCC1C(O)CC. The first kappa shape index (κ1) is 15.4. The van der Waals surface area contributed by atoms with Gasteiger partial charge in [-0.1, -0.05) is 26.7 Å². The van der Waals surface area contributed by atoms with E-state index < -0.39 is 0 Å². The molecule has 2 atom stereocenters. The Balaban J connectivity index is 2.39. The normalized spacial score (nSPS) is 22.7. The van der Waals surface area contributed by atoms with E-state index in [0.29, 0.717) is 6.54 Å². The van der Waals surface area contributed by atoms with Gasteiger partial charge in [0.05, 0.1) is 12.6 Å². The zero-order chi connectivity index (χ0) is 13.4. The van der Waals surface area contributed by atoms with Gasteiger partial charge in [-0.3, -0.25) is 9.69 Å². The molecule has 0 aromatic rings. The summed E-state index contributed by atoms with van der Waals surface area (Å²) in [6, 6.07) is 0.167. The average Bonchev–Trinajstić information content (AvgIpc) is 2.39. The molecular weight excluding hydrogens is 228 g/mol. The number of carbonyl (C=O) groups excluding carboxylic acids is 1. The lowest BCUT2D eigenvalue weighted by atomic mass is 9.96. The van der Waals surface area contributed by atoms with Crippen molar-refractivity contribution in [3.05, 3.63) is 0 Å². The molecule has 1 fully saturated rings. The minimum absolute atomic E-state index is 0.0960. The molecule has 0 radical (unpaired) electrons. The second-order valence-corrected chi connectivity index (χ2v) is 5.21. The summed E-state index contributed by atoms with van der Waals surface area (Å²) in [6.07, 6.45) is 5.91. The molecule has 1 rings (SSSR count). The van der Waals surface area contributed by atoms with E-state index in [9.17, 15) is 9.90 Å². The fourth-order valence-corrected chi connectivity index (χ4v) is 2.57. The van der Waals surface area contributed by atoms with Crippen LogP contribution in [0.1, 0.15) is 52.4 Å². The van der Waals surface area contributed by atoms with Crippen LogP contribution < -0.4 is 5.32 Å². The summed E-state index contributed by atoms with van der Waals surface area (Å²) in [4.78, 5) is 14.0. The third-order valence-corrected chi connectivity index (χ3v) is 3.73. The molecule has 1 aliphatic rings. The van der Waals surface area contributed by atoms with Gasteiger partial charge in [0.2, 0.25) is 5.91 Å². The van der Waals surface area contributed by atoms with E-state index in [0.717, 1.165) is 51.6 Å². The zero-order valence-electron chi connectivity index (χ0n) is 11.8. The van der Waals surface area contributed by atoms with Crippen LogP contribution in [0.15, 0.2) is 0 Å². The highest BCUT2D eigenvalue weighted by molar-refractivity contribution is 5.78. The van der Waals surface area contributed by atoms with Crippen LogP contribution >= 0.6 is 0 Å². The summed E-state index contributed by atoms with van der Waals surface area (Å²) in [5.74, 6) is 0.0960. The fourth-order valence-electron chi connectivity index (χ4n) is 2.57. The molecule has 18 heavy (non-hydrogen) atoms. The third-order valence-electron chi connectivity index (χ3n) is 3.73. The molecule has 0 aliphatic carbocycles. The molecular formula is C14H28N2O2. The van der Waals surface area contributed by atoms with Gasteiger partial charge >= 0.3 is 0 Å². The number of unbranched alkanes of at least 4 members (excludes halogenated alkanes) is 1. The molecule has 0 spiro atoms. The van der Waals surface area contributed by atoms with Crippen molar-refractivity contribution in [3.8, 4) is 0 Å². The van der Waals surface area contributed by atoms with Crippen molar-refractivity contribution < 1.29 is 9.90 Å². The minimum atomic E-state index is -0.297. The maximum atomic E-state index is 11.8. The highest BCUT2D eigenvalue weighted by Gasteiger charge is 2.28. The van der Waals surface area contributed by atoms with Crippen molar-refractivity contribution >= 4 is 5.91 Å². The van der Waals surface area contributed by atoms with Crippen molar-refractivity contribution in [2.24, 2.45) is 0 Å². The molecule has 0 saturated carbocycles. The minimum Gasteiger partial charge on any atom is -0.392 e. The molecule has 0 aromatic carbocycles. The van der Waals surface area contributed by atoms with Crippen molar-refractivity contribution in [3.63, 3.8) is 0 Å². The van der Waals surface area contributed by atoms with Crippen molar-refractivity contribution in [1.82, 2.24) is 10.2 Å². The van der Waals surface area contributed by atoms with Gasteiger partial charge in [0.15, 0.2) is 0 Å². The number of nitrogens with one attached hydrogen (secondary N) is 1. The van der Waals surface area contributed by atoms with Crippen LogP contribution in [0, 0.1) is 0 Å². The van der Waals surface area contributed by atoms with Gasteiger partial charge in [-0.15, -0.1) is 0 Å². The topological polar surface area (TPSA) is 52.6 Å². The molecule has 1 heterocycles. The lowest BCUT2D eigenvalue weighted by Gasteiger charge is -2.37. The quantitative estimate of drug-likeness (QED) is 0.679. The number of aliphatic hydroxyl groups excluding tert-OH is 1. The molecule has 2 unspecified atom stereocenters. The van der Waals surface area contributed by atoms with Crippen LogP contribution in [0.3, 0.4) is 0 Å². The monoisotopic (exact) mass is 256 g/mol. The standard InChI is InChI=1S/C14H28N2O2/c1-3-5-9-15-14(18)11-16-10-7-6-8-12(16)13(17)4-2/h12-13,17H,3-11H2,1-2H3,(H,15,18). The first-order valence-corrected chi connectivity index (χ1v) is 7.37. The lowest BCUT2D eigenvalue weighted by Crippen LogP contribution is -2.50. The van der Waals surface area contributed by atoms with Crippen molar-refractivity contribution in [2.75, 3.05) is 19.6 Å². The Bertz CT molecular complexity index is 246. The largest absolute Gasteiger partial charge is 0.392 e. The second kappa shape index (κ2) is 8.48. The van der Waals surface area contributed by atoms with Crippen molar-refractivity contribution in [2.45, 2.75) is 64.5 Å².